The third-order valence-electron chi connectivity index (χ3n) is 3.75. The minimum absolute atomic E-state index is 0.653. The van der Waals surface area contributed by atoms with Crippen LogP contribution in [0.2, 0.25) is 0 Å². The first-order valence-corrected chi connectivity index (χ1v) is 8.68. The first-order valence-electron chi connectivity index (χ1n) is 6.62. The molecule has 2 aromatic rings. The molecule has 5 heteroatoms. The first-order chi connectivity index (χ1) is 9.50. The van der Waals surface area contributed by atoms with Gasteiger partial charge in [0.1, 0.15) is 5.60 Å². The lowest BCUT2D eigenvalue weighted by Gasteiger charge is -2.31. The van der Waals surface area contributed by atoms with Crippen molar-refractivity contribution in [1.82, 2.24) is 0 Å². The summed E-state index contributed by atoms with van der Waals surface area (Å²) < 4.78 is 17.6. The standard InChI is InChI=1S/C15H18BrO3P/c1-3-15(4-2,19-20(17)18)13-7-5-11-6-8-14(16)10-12(11)9-13/h5-10,20H,3-4H2,1-2H3,(H,17,18). The van der Waals surface area contributed by atoms with E-state index in [9.17, 15) is 9.46 Å². The van der Waals surface area contributed by atoms with Crippen LogP contribution in [0, 0.1) is 0 Å². The summed E-state index contributed by atoms with van der Waals surface area (Å²) in [4.78, 5) is 9.19. The van der Waals surface area contributed by atoms with Crippen molar-refractivity contribution >= 4 is 35.0 Å². The molecule has 0 radical (unpaired) electrons. The highest BCUT2D eigenvalue weighted by Gasteiger charge is 2.31. The van der Waals surface area contributed by atoms with Crippen LogP contribution in [0.5, 0.6) is 0 Å². The summed E-state index contributed by atoms with van der Waals surface area (Å²) >= 11 is 3.47. The summed E-state index contributed by atoms with van der Waals surface area (Å²) in [5.41, 5.74) is 0.252. The van der Waals surface area contributed by atoms with Crippen molar-refractivity contribution in [2.75, 3.05) is 0 Å². The zero-order valence-corrected chi connectivity index (χ0v) is 14.1. The normalized spacial score (nSPS) is 13.6. The molecule has 0 aliphatic carbocycles. The molecule has 0 saturated carbocycles. The minimum Gasteiger partial charge on any atom is -0.326 e. The summed E-state index contributed by atoms with van der Waals surface area (Å²) in [7, 11) is -2.98. The molecule has 0 aromatic heterocycles. The molecule has 0 aliphatic rings. The molecule has 20 heavy (non-hydrogen) atoms. The maximum absolute atomic E-state index is 11.2. The van der Waals surface area contributed by atoms with Crippen LogP contribution in [-0.2, 0) is 14.7 Å². The minimum atomic E-state index is -2.98. The number of hydrogen-bond acceptors (Lipinski definition) is 2. The molecule has 3 nitrogen and oxygen atoms in total. The Morgan fingerprint density at radius 2 is 1.80 bits per heavy atom. The van der Waals surface area contributed by atoms with E-state index in [4.69, 9.17) is 4.52 Å². The SMILES string of the molecule is CCC(CC)(O[PH](=O)O)c1ccc2ccc(Br)cc2c1. The molecular weight excluding hydrogens is 339 g/mol. The Bertz CT molecular complexity index is 638. The van der Waals surface area contributed by atoms with E-state index in [1.54, 1.807) is 0 Å². The highest BCUT2D eigenvalue weighted by molar-refractivity contribution is 9.10. The molecule has 0 aliphatic heterocycles. The molecule has 0 amide bonds. The highest BCUT2D eigenvalue weighted by atomic mass is 79.9. The fraction of sp³-hybridized carbons (Fsp3) is 0.333. The van der Waals surface area contributed by atoms with Gasteiger partial charge in [-0.3, -0.25) is 9.09 Å². The van der Waals surface area contributed by atoms with E-state index < -0.39 is 13.9 Å². The molecule has 2 rings (SSSR count). The third-order valence-corrected chi connectivity index (χ3v) is 4.81. The van der Waals surface area contributed by atoms with E-state index >= 15 is 0 Å². The Morgan fingerprint density at radius 3 is 2.40 bits per heavy atom. The van der Waals surface area contributed by atoms with Crippen LogP contribution in [0.25, 0.3) is 10.8 Å². The molecule has 1 atom stereocenters. The molecule has 0 spiro atoms. The zero-order valence-electron chi connectivity index (χ0n) is 11.5. The van der Waals surface area contributed by atoms with E-state index in [-0.39, 0.29) is 0 Å². The molecule has 2 aromatic carbocycles. The lowest BCUT2D eigenvalue weighted by molar-refractivity contribution is 0.0537. The van der Waals surface area contributed by atoms with Crippen molar-refractivity contribution in [3.05, 3.63) is 46.4 Å². The predicted octanol–water partition coefficient (Wildman–Crippen LogP) is 5.02. The summed E-state index contributed by atoms with van der Waals surface area (Å²) in [6.07, 6.45) is 1.31. The second kappa shape index (κ2) is 6.40. The van der Waals surface area contributed by atoms with Gasteiger partial charge in [0.2, 0.25) is 0 Å². The van der Waals surface area contributed by atoms with Crippen LogP contribution in [0.3, 0.4) is 0 Å². The Hall–Kier alpha value is -0.670. The Morgan fingerprint density at radius 1 is 1.15 bits per heavy atom. The summed E-state index contributed by atoms with van der Waals surface area (Å²) in [6.45, 7) is 3.94. The number of halogens is 1. The van der Waals surface area contributed by atoms with Gasteiger partial charge in [-0.1, -0.05) is 48.0 Å². The number of fused-ring (bicyclic) bond motifs is 1. The van der Waals surface area contributed by atoms with Crippen LogP contribution in [0.15, 0.2) is 40.9 Å². The summed E-state index contributed by atoms with van der Waals surface area (Å²) in [5, 5.41) is 2.22. The fourth-order valence-corrected chi connectivity index (χ4v) is 3.65. The average Bonchev–Trinajstić information content (AvgIpc) is 2.43. The van der Waals surface area contributed by atoms with Gasteiger partial charge < -0.3 is 4.89 Å². The van der Waals surface area contributed by atoms with Crippen molar-refractivity contribution < 1.29 is 14.0 Å². The highest BCUT2D eigenvalue weighted by Crippen LogP contribution is 2.41. The second-order valence-corrected chi connectivity index (χ2v) is 6.43. The van der Waals surface area contributed by atoms with Gasteiger partial charge in [-0.25, -0.2) is 0 Å². The maximum Gasteiger partial charge on any atom is 0.317 e. The Labute approximate surface area is 128 Å². The van der Waals surface area contributed by atoms with Gasteiger partial charge in [0.05, 0.1) is 0 Å². The quantitative estimate of drug-likeness (QED) is 0.765. The first kappa shape index (κ1) is 15.7. The van der Waals surface area contributed by atoms with Gasteiger partial charge in [-0.2, -0.15) is 0 Å². The van der Waals surface area contributed by atoms with Crippen LogP contribution >= 0.6 is 24.2 Å². The van der Waals surface area contributed by atoms with E-state index in [1.165, 1.54) is 0 Å². The number of rotatable bonds is 5. The zero-order chi connectivity index (χ0) is 14.8. The number of benzene rings is 2. The summed E-state index contributed by atoms with van der Waals surface area (Å²) in [6, 6.07) is 12.1. The predicted molar refractivity (Wildman–Crippen MR) is 86.2 cm³/mol. The van der Waals surface area contributed by atoms with Gasteiger partial charge in [-0.05, 0) is 47.4 Å². The smallest absolute Gasteiger partial charge is 0.317 e. The van der Waals surface area contributed by atoms with Gasteiger partial charge in [0, 0.05) is 4.47 Å². The molecule has 0 heterocycles. The Balaban J connectivity index is 2.55. The Kier molecular flexibility index (Phi) is 5.03. The maximum atomic E-state index is 11.2. The summed E-state index contributed by atoms with van der Waals surface area (Å²) in [5.74, 6) is 0. The van der Waals surface area contributed by atoms with Crippen LogP contribution in [-0.4, -0.2) is 4.89 Å². The van der Waals surface area contributed by atoms with Crippen molar-refractivity contribution in [3.63, 3.8) is 0 Å². The molecule has 1 N–H and O–H groups in total. The molecule has 0 saturated heterocycles. The molecule has 0 fully saturated rings. The lowest BCUT2D eigenvalue weighted by atomic mass is 9.87. The van der Waals surface area contributed by atoms with Crippen LogP contribution in [0.1, 0.15) is 32.3 Å². The van der Waals surface area contributed by atoms with Crippen molar-refractivity contribution in [3.8, 4) is 0 Å². The largest absolute Gasteiger partial charge is 0.326 e. The number of hydrogen-bond donors (Lipinski definition) is 1. The fourth-order valence-electron chi connectivity index (χ4n) is 2.53. The molecule has 108 valence electrons. The van der Waals surface area contributed by atoms with Gasteiger partial charge >= 0.3 is 8.25 Å². The van der Waals surface area contributed by atoms with E-state index in [0.29, 0.717) is 12.8 Å². The lowest BCUT2D eigenvalue weighted by Crippen LogP contribution is -2.25. The average molecular weight is 357 g/mol. The van der Waals surface area contributed by atoms with Gasteiger partial charge in [-0.15, -0.1) is 0 Å². The van der Waals surface area contributed by atoms with Gasteiger partial charge in [0.15, 0.2) is 0 Å². The van der Waals surface area contributed by atoms with Crippen molar-refractivity contribution in [1.29, 1.82) is 0 Å². The van der Waals surface area contributed by atoms with Gasteiger partial charge in [0.25, 0.3) is 0 Å². The van der Waals surface area contributed by atoms with Crippen molar-refractivity contribution in [2.24, 2.45) is 0 Å². The molecular formula is C15H18BrO3P. The van der Waals surface area contributed by atoms with Crippen molar-refractivity contribution in [2.45, 2.75) is 32.3 Å². The second-order valence-electron chi connectivity index (χ2n) is 4.78. The van der Waals surface area contributed by atoms with E-state index in [1.807, 2.05) is 50.2 Å². The topological polar surface area (TPSA) is 46.5 Å². The monoisotopic (exact) mass is 356 g/mol. The van der Waals surface area contributed by atoms with E-state index in [0.717, 1.165) is 20.8 Å². The van der Waals surface area contributed by atoms with Crippen LogP contribution < -0.4 is 0 Å². The van der Waals surface area contributed by atoms with Crippen LogP contribution in [0.4, 0.5) is 0 Å². The third kappa shape index (κ3) is 3.15. The van der Waals surface area contributed by atoms with E-state index in [2.05, 4.69) is 15.9 Å². The molecule has 1 unspecified atom stereocenters. The molecule has 0 bridgehead atoms.